The average molecular weight is 339 g/mol. The first-order chi connectivity index (χ1) is 12.7. The van der Waals surface area contributed by atoms with Crippen LogP contribution in [-0.2, 0) is 9.59 Å². The number of fused-ring (bicyclic) bond motifs is 7. The monoisotopic (exact) mass is 339 g/mol. The van der Waals surface area contributed by atoms with Crippen LogP contribution in [0.4, 0.5) is 5.69 Å². The first-order valence-electron chi connectivity index (χ1n) is 9.19. The van der Waals surface area contributed by atoms with Crippen molar-refractivity contribution in [3.63, 3.8) is 0 Å². The Labute approximate surface area is 150 Å². The van der Waals surface area contributed by atoms with Gasteiger partial charge in [0.2, 0.25) is 11.8 Å². The third kappa shape index (κ3) is 1.73. The van der Waals surface area contributed by atoms with Gasteiger partial charge < -0.3 is 0 Å². The number of carbonyl (C=O) groups excluding carboxylic acids is 2. The van der Waals surface area contributed by atoms with Gasteiger partial charge in [0.05, 0.1) is 17.5 Å². The minimum absolute atomic E-state index is 0.0167. The zero-order valence-corrected chi connectivity index (χ0v) is 14.1. The molecule has 0 unspecified atom stereocenters. The average Bonchev–Trinajstić information content (AvgIpc) is 3.33. The molecule has 3 aromatic carbocycles. The highest BCUT2D eigenvalue weighted by Gasteiger charge is 2.59. The van der Waals surface area contributed by atoms with Crippen molar-refractivity contribution < 1.29 is 9.59 Å². The molecule has 1 aliphatic heterocycles. The van der Waals surface area contributed by atoms with Crippen molar-refractivity contribution in [1.82, 2.24) is 0 Å². The number of benzene rings is 3. The molecule has 3 aliphatic rings. The minimum atomic E-state index is -0.148. The number of imide groups is 1. The van der Waals surface area contributed by atoms with Gasteiger partial charge in [0.15, 0.2) is 0 Å². The molecule has 2 bridgehead atoms. The first-order valence-corrected chi connectivity index (χ1v) is 9.19. The highest BCUT2D eigenvalue weighted by Crippen LogP contribution is 2.53. The van der Waals surface area contributed by atoms with Gasteiger partial charge in [-0.1, -0.05) is 42.5 Å². The first kappa shape index (κ1) is 14.3. The molecule has 0 radical (unpaired) electrons. The van der Waals surface area contributed by atoms with Crippen LogP contribution in [0.2, 0.25) is 0 Å². The van der Waals surface area contributed by atoms with Crippen LogP contribution < -0.4 is 4.90 Å². The number of anilines is 1. The van der Waals surface area contributed by atoms with Crippen molar-refractivity contribution in [2.24, 2.45) is 23.7 Å². The summed E-state index contributed by atoms with van der Waals surface area (Å²) >= 11 is 0. The molecule has 1 heterocycles. The summed E-state index contributed by atoms with van der Waals surface area (Å²) < 4.78 is 0. The molecule has 3 nitrogen and oxygen atoms in total. The zero-order chi connectivity index (χ0) is 17.4. The van der Waals surface area contributed by atoms with Gasteiger partial charge in [0, 0.05) is 0 Å². The summed E-state index contributed by atoms with van der Waals surface area (Å²) in [7, 11) is 0. The van der Waals surface area contributed by atoms with E-state index in [1.54, 1.807) is 0 Å². The van der Waals surface area contributed by atoms with Crippen molar-refractivity contribution in [1.29, 1.82) is 0 Å². The quantitative estimate of drug-likeness (QED) is 0.376. The Morgan fingerprint density at radius 1 is 0.692 bits per heavy atom. The SMILES string of the molecule is O=C1[C@@H]2[C@H](C(=O)N1c1ccc3cc4ccccc4cc3c1)[C@@H]1C=C[C@H]2C1. The predicted molar refractivity (Wildman–Crippen MR) is 102 cm³/mol. The number of rotatable bonds is 1. The normalized spacial score (nSPS) is 29.3. The standard InChI is InChI=1S/C23H17NO2/c25-22-20-16-5-6-17(11-16)21(20)23(26)24(22)19-8-7-15-9-13-3-1-2-4-14(13)10-18(15)12-19/h1-10,12,16-17,20-21H,11H2/t16-,17+,20-,21+. The molecule has 2 aliphatic carbocycles. The van der Waals surface area contributed by atoms with E-state index in [1.165, 1.54) is 10.3 Å². The molecular formula is C23H17NO2. The van der Waals surface area contributed by atoms with Gasteiger partial charge in [-0.2, -0.15) is 0 Å². The number of allylic oxidation sites excluding steroid dienone is 2. The largest absolute Gasteiger partial charge is 0.274 e. The number of carbonyl (C=O) groups is 2. The lowest BCUT2D eigenvalue weighted by Gasteiger charge is -2.18. The van der Waals surface area contributed by atoms with Crippen LogP contribution in [0.1, 0.15) is 6.42 Å². The lowest BCUT2D eigenvalue weighted by atomic mass is 9.85. The highest BCUT2D eigenvalue weighted by atomic mass is 16.2. The van der Waals surface area contributed by atoms with Gasteiger partial charge in [0.1, 0.15) is 0 Å². The molecule has 26 heavy (non-hydrogen) atoms. The summed E-state index contributed by atoms with van der Waals surface area (Å²) in [5, 5.41) is 4.53. The van der Waals surface area contributed by atoms with Gasteiger partial charge in [-0.15, -0.1) is 0 Å². The maximum atomic E-state index is 13.0. The molecule has 3 heteroatoms. The van der Waals surface area contributed by atoms with Crippen molar-refractivity contribution in [3.8, 4) is 0 Å². The van der Waals surface area contributed by atoms with Crippen molar-refractivity contribution in [3.05, 3.63) is 66.7 Å². The highest BCUT2D eigenvalue weighted by molar-refractivity contribution is 6.23. The molecule has 126 valence electrons. The van der Waals surface area contributed by atoms with E-state index in [1.807, 2.05) is 30.3 Å². The smallest absolute Gasteiger partial charge is 0.238 e. The van der Waals surface area contributed by atoms with Gasteiger partial charge in [-0.25, -0.2) is 4.90 Å². The molecule has 2 fully saturated rings. The molecule has 4 atom stereocenters. The summed E-state index contributed by atoms with van der Waals surface area (Å²) in [6, 6.07) is 18.4. The Balaban J connectivity index is 1.47. The molecule has 6 rings (SSSR count). The Hall–Kier alpha value is -2.94. The maximum absolute atomic E-state index is 13.0. The van der Waals surface area contributed by atoms with Crippen molar-refractivity contribution in [2.45, 2.75) is 6.42 Å². The van der Waals surface area contributed by atoms with E-state index >= 15 is 0 Å². The Morgan fingerprint density at radius 2 is 1.27 bits per heavy atom. The zero-order valence-electron chi connectivity index (χ0n) is 14.1. The summed E-state index contributed by atoms with van der Waals surface area (Å²) in [5.74, 6) is 0.162. The fourth-order valence-corrected chi connectivity index (χ4v) is 5.22. The van der Waals surface area contributed by atoms with Crippen molar-refractivity contribution in [2.75, 3.05) is 4.90 Å². The lowest BCUT2D eigenvalue weighted by molar-refractivity contribution is -0.123. The lowest BCUT2D eigenvalue weighted by Crippen LogP contribution is -2.32. The Morgan fingerprint density at radius 3 is 1.92 bits per heavy atom. The molecule has 3 aromatic rings. The molecule has 0 spiro atoms. The van der Waals surface area contributed by atoms with E-state index in [-0.39, 0.29) is 35.5 Å². The second-order valence-electron chi connectivity index (χ2n) is 7.74. The molecule has 1 saturated heterocycles. The number of hydrogen-bond donors (Lipinski definition) is 0. The van der Waals surface area contributed by atoms with Crippen LogP contribution >= 0.6 is 0 Å². The van der Waals surface area contributed by atoms with Crippen LogP contribution in [-0.4, -0.2) is 11.8 Å². The summed E-state index contributed by atoms with van der Waals surface area (Å²) in [4.78, 5) is 27.5. The van der Waals surface area contributed by atoms with Crippen LogP contribution in [0.25, 0.3) is 21.5 Å². The fourth-order valence-electron chi connectivity index (χ4n) is 5.22. The minimum Gasteiger partial charge on any atom is -0.274 e. The number of hydrogen-bond acceptors (Lipinski definition) is 2. The van der Waals surface area contributed by atoms with E-state index in [4.69, 9.17) is 0 Å². The Kier molecular flexibility index (Phi) is 2.64. The maximum Gasteiger partial charge on any atom is 0.238 e. The number of amides is 2. The van der Waals surface area contributed by atoms with E-state index in [9.17, 15) is 9.59 Å². The molecule has 0 N–H and O–H groups in total. The number of nitrogens with zero attached hydrogens (tertiary/aromatic N) is 1. The predicted octanol–water partition coefficient (Wildman–Crippen LogP) is 4.30. The third-order valence-corrected chi connectivity index (χ3v) is 6.42. The fraction of sp³-hybridized carbons (Fsp3) is 0.217. The van der Waals surface area contributed by atoms with Crippen LogP contribution in [0.15, 0.2) is 66.7 Å². The van der Waals surface area contributed by atoms with Crippen LogP contribution in [0.5, 0.6) is 0 Å². The summed E-state index contributed by atoms with van der Waals surface area (Å²) in [5.41, 5.74) is 0.705. The van der Waals surface area contributed by atoms with Crippen molar-refractivity contribution >= 4 is 39.0 Å². The van der Waals surface area contributed by atoms with Gasteiger partial charge >= 0.3 is 0 Å². The van der Waals surface area contributed by atoms with Crippen LogP contribution in [0.3, 0.4) is 0 Å². The van der Waals surface area contributed by atoms with Gasteiger partial charge in [-0.3, -0.25) is 9.59 Å². The topological polar surface area (TPSA) is 37.4 Å². The molecule has 0 aromatic heterocycles. The van der Waals surface area contributed by atoms with E-state index < -0.39 is 0 Å². The van der Waals surface area contributed by atoms with E-state index in [0.717, 1.165) is 22.6 Å². The summed E-state index contributed by atoms with van der Waals surface area (Å²) in [6.07, 6.45) is 5.23. The second kappa shape index (κ2) is 4.82. The third-order valence-electron chi connectivity index (χ3n) is 6.42. The molecule has 1 saturated carbocycles. The van der Waals surface area contributed by atoms with E-state index in [2.05, 4.69) is 36.4 Å². The molecular weight excluding hydrogens is 322 g/mol. The van der Waals surface area contributed by atoms with E-state index in [0.29, 0.717) is 5.69 Å². The van der Waals surface area contributed by atoms with Gasteiger partial charge in [-0.05, 0) is 64.1 Å². The summed E-state index contributed by atoms with van der Waals surface area (Å²) in [6.45, 7) is 0. The van der Waals surface area contributed by atoms with Crippen LogP contribution in [0, 0.1) is 23.7 Å². The Bertz CT molecular complexity index is 1120. The second-order valence-corrected chi connectivity index (χ2v) is 7.74. The molecule has 2 amide bonds. The van der Waals surface area contributed by atoms with Gasteiger partial charge in [0.25, 0.3) is 0 Å².